The normalized spacial score (nSPS) is 15.8. The van der Waals surface area contributed by atoms with E-state index in [4.69, 9.17) is 23.2 Å². The van der Waals surface area contributed by atoms with Crippen LogP contribution in [0.15, 0.2) is 18.2 Å². The Morgan fingerprint density at radius 2 is 1.80 bits per heavy atom. The van der Waals surface area contributed by atoms with Gasteiger partial charge in [0, 0.05) is 11.7 Å². The van der Waals surface area contributed by atoms with Crippen LogP contribution < -0.4 is 10.6 Å². The minimum Gasteiger partial charge on any atom is -0.353 e. The lowest BCUT2D eigenvalue weighted by molar-refractivity contribution is -0.134. The van der Waals surface area contributed by atoms with Crippen LogP contribution in [-0.4, -0.2) is 17.9 Å². The molecule has 1 aromatic rings. The molecule has 2 N–H and O–H groups in total. The number of benzene rings is 1. The van der Waals surface area contributed by atoms with Crippen molar-refractivity contribution in [1.82, 2.24) is 5.32 Å². The maximum atomic E-state index is 12.3. The second kappa shape index (κ2) is 5.62. The molecule has 1 fully saturated rings. The molecule has 0 atom stereocenters. The molecule has 0 saturated heterocycles. The van der Waals surface area contributed by atoms with Gasteiger partial charge in [-0.1, -0.05) is 23.2 Å². The minimum absolute atomic E-state index is 0.0118. The Morgan fingerprint density at radius 3 is 2.30 bits per heavy atom. The van der Waals surface area contributed by atoms with Crippen molar-refractivity contribution in [2.75, 3.05) is 5.32 Å². The summed E-state index contributed by atoms with van der Waals surface area (Å²) in [7, 11) is 0. The summed E-state index contributed by atoms with van der Waals surface area (Å²) >= 11 is 11.7. The van der Waals surface area contributed by atoms with Crippen molar-refractivity contribution in [3.63, 3.8) is 0 Å². The van der Waals surface area contributed by atoms with Crippen LogP contribution >= 0.6 is 23.2 Å². The maximum absolute atomic E-state index is 12.3. The van der Waals surface area contributed by atoms with E-state index in [2.05, 4.69) is 10.6 Å². The largest absolute Gasteiger partial charge is 0.353 e. The number of carbonyl (C=O) groups is 2. The number of halogens is 2. The second-order valence-corrected chi connectivity index (χ2v) is 6.11. The van der Waals surface area contributed by atoms with Gasteiger partial charge < -0.3 is 10.6 Å². The van der Waals surface area contributed by atoms with Crippen LogP contribution in [0.1, 0.15) is 26.7 Å². The minimum atomic E-state index is -0.934. The first-order valence-electron chi connectivity index (χ1n) is 6.42. The molecule has 0 bridgehead atoms. The molecule has 1 aromatic carbocycles. The number of amides is 2. The summed E-state index contributed by atoms with van der Waals surface area (Å²) in [4.78, 5) is 24.3. The van der Waals surface area contributed by atoms with Gasteiger partial charge in [0.1, 0.15) is 5.41 Å². The molecule has 0 heterocycles. The third-order valence-corrected chi connectivity index (χ3v) is 3.96. The van der Waals surface area contributed by atoms with E-state index < -0.39 is 5.41 Å². The van der Waals surface area contributed by atoms with Crippen LogP contribution in [0.5, 0.6) is 0 Å². The van der Waals surface area contributed by atoms with E-state index in [-0.39, 0.29) is 17.9 Å². The zero-order valence-corrected chi connectivity index (χ0v) is 12.8. The highest BCUT2D eigenvalue weighted by Gasteiger charge is 2.56. The van der Waals surface area contributed by atoms with Crippen molar-refractivity contribution >= 4 is 40.7 Å². The molecule has 0 aromatic heterocycles. The molecular formula is C14H16Cl2N2O2. The Morgan fingerprint density at radius 1 is 1.15 bits per heavy atom. The molecule has 4 nitrogen and oxygen atoms in total. The van der Waals surface area contributed by atoms with Gasteiger partial charge in [-0.3, -0.25) is 9.59 Å². The smallest absolute Gasteiger partial charge is 0.240 e. The van der Waals surface area contributed by atoms with Gasteiger partial charge in [0.2, 0.25) is 11.8 Å². The van der Waals surface area contributed by atoms with Gasteiger partial charge in [-0.15, -0.1) is 0 Å². The predicted molar refractivity (Wildman–Crippen MR) is 80.0 cm³/mol. The van der Waals surface area contributed by atoms with Crippen molar-refractivity contribution in [3.8, 4) is 0 Å². The number of nitrogens with one attached hydrogen (secondary N) is 2. The van der Waals surface area contributed by atoms with Gasteiger partial charge >= 0.3 is 0 Å². The Bertz CT molecular complexity index is 554. The second-order valence-electron chi connectivity index (χ2n) is 5.29. The van der Waals surface area contributed by atoms with E-state index in [1.54, 1.807) is 18.2 Å². The molecule has 2 rings (SSSR count). The quantitative estimate of drug-likeness (QED) is 0.838. The van der Waals surface area contributed by atoms with Crippen LogP contribution in [0.25, 0.3) is 0 Å². The standard InChI is InChI=1S/C14H16Cl2N2O2/c1-8(2)17-12(19)14(5-6-14)13(20)18-9-3-4-10(15)11(16)7-9/h3-4,7-8H,5-6H2,1-2H3,(H,17,19)(H,18,20). The zero-order chi connectivity index (χ0) is 14.9. The van der Waals surface area contributed by atoms with E-state index in [1.807, 2.05) is 13.8 Å². The Kier molecular flexibility index (Phi) is 4.25. The SMILES string of the molecule is CC(C)NC(=O)C1(C(=O)Nc2ccc(Cl)c(Cl)c2)CC1. The Labute approximate surface area is 127 Å². The number of rotatable bonds is 4. The lowest BCUT2D eigenvalue weighted by atomic mass is 10.0. The first-order chi connectivity index (χ1) is 9.35. The lowest BCUT2D eigenvalue weighted by Gasteiger charge is -2.17. The highest BCUT2D eigenvalue weighted by atomic mass is 35.5. The summed E-state index contributed by atoms with van der Waals surface area (Å²) in [5.41, 5.74) is -0.399. The molecule has 1 saturated carbocycles. The summed E-state index contributed by atoms with van der Waals surface area (Å²) < 4.78 is 0. The van der Waals surface area contributed by atoms with Gasteiger partial charge in [0.05, 0.1) is 10.0 Å². The van der Waals surface area contributed by atoms with Gasteiger partial charge in [0.15, 0.2) is 0 Å². The molecule has 1 aliphatic rings. The van der Waals surface area contributed by atoms with Crippen molar-refractivity contribution < 1.29 is 9.59 Å². The van der Waals surface area contributed by atoms with E-state index in [0.29, 0.717) is 28.6 Å². The highest BCUT2D eigenvalue weighted by molar-refractivity contribution is 6.42. The molecule has 2 amide bonds. The number of anilines is 1. The predicted octanol–water partition coefficient (Wildman–Crippen LogP) is 3.24. The fraction of sp³-hybridized carbons (Fsp3) is 0.429. The molecule has 20 heavy (non-hydrogen) atoms. The fourth-order valence-corrected chi connectivity index (χ4v) is 2.21. The summed E-state index contributed by atoms with van der Waals surface area (Å²) in [6.45, 7) is 3.73. The molecule has 108 valence electrons. The first-order valence-corrected chi connectivity index (χ1v) is 7.18. The van der Waals surface area contributed by atoms with Gasteiger partial charge in [-0.25, -0.2) is 0 Å². The van der Waals surface area contributed by atoms with Crippen molar-refractivity contribution in [3.05, 3.63) is 28.2 Å². The van der Waals surface area contributed by atoms with Gasteiger partial charge in [0.25, 0.3) is 0 Å². The van der Waals surface area contributed by atoms with Crippen molar-refractivity contribution in [2.24, 2.45) is 5.41 Å². The third-order valence-electron chi connectivity index (χ3n) is 3.22. The molecule has 0 radical (unpaired) electrons. The highest BCUT2D eigenvalue weighted by Crippen LogP contribution is 2.47. The van der Waals surface area contributed by atoms with Crippen LogP contribution in [0, 0.1) is 5.41 Å². The van der Waals surface area contributed by atoms with E-state index in [1.165, 1.54) is 0 Å². The van der Waals surface area contributed by atoms with Crippen molar-refractivity contribution in [1.29, 1.82) is 0 Å². The number of carbonyl (C=O) groups excluding carboxylic acids is 2. The summed E-state index contributed by atoms with van der Waals surface area (Å²) in [5.74, 6) is -0.515. The van der Waals surface area contributed by atoms with E-state index >= 15 is 0 Å². The average Bonchev–Trinajstić information content (AvgIpc) is 3.14. The average molecular weight is 315 g/mol. The Balaban J connectivity index is 2.08. The first kappa shape index (κ1) is 15.1. The van der Waals surface area contributed by atoms with Crippen LogP contribution in [0.4, 0.5) is 5.69 Å². The third kappa shape index (κ3) is 3.07. The van der Waals surface area contributed by atoms with Gasteiger partial charge in [-0.2, -0.15) is 0 Å². The summed E-state index contributed by atoms with van der Waals surface area (Å²) in [5, 5.41) is 6.29. The molecule has 1 aliphatic carbocycles. The molecule has 0 aliphatic heterocycles. The zero-order valence-electron chi connectivity index (χ0n) is 11.3. The molecule has 0 spiro atoms. The topological polar surface area (TPSA) is 58.2 Å². The van der Waals surface area contributed by atoms with Gasteiger partial charge in [-0.05, 0) is 44.9 Å². The Hall–Kier alpha value is -1.26. The monoisotopic (exact) mass is 314 g/mol. The molecule has 6 heteroatoms. The number of hydrogen-bond donors (Lipinski definition) is 2. The molecule has 0 unspecified atom stereocenters. The number of hydrogen-bond acceptors (Lipinski definition) is 2. The van der Waals surface area contributed by atoms with Crippen LogP contribution in [-0.2, 0) is 9.59 Å². The van der Waals surface area contributed by atoms with Crippen molar-refractivity contribution in [2.45, 2.75) is 32.7 Å². The molecular weight excluding hydrogens is 299 g/mol. The van der Waals surface area contributed by atoms with Crippen LogP contribution in [0.2, 0.25) is 10.0 Å². The summed E-state index contributed by atoms with van der Waals surface area (Å²) in [6.07, 6.45) is 1.14. The maximum Gasteiger partial charge on any atom is 0.240 e. The van der Waals surface area contributed by atoms with E-state index in [0.717, 1.165) is 0 Å². The lowest BCUT2D eigenvalue weighted by Crippen LogP contribution is -2.42. The van der Waals surface area contributed by atoms with E-state index in [9.17, 15) is 9.59 Å². The summed E-state index contributed by atoms with van der Waals surface area (Å²) in [6, 6.07) is 4.84. The fourth-order valence-electron chi connectivity index (χ4n) is 1.91. The van der Waals surface area contributed by atoms with Crippen LogP contribution in [0.3, 0.4) is 0 Å².